The van der Waals surface area contributed by atoms with Crippen LogP contribution in [0.5, 0.6) is 0 Å². The molecule has 1 heterocycles. The molecular formula is C27H38N4. The van der Waals surface area contributed by atoms with Crippen molar-refractivity contribution in [3.63, 3.8) is 0 Å². The zero-order valence-electron chi connectivity index (χ0n) is 19.3. The summed E-state index contributed by atoms with van der Waals surface area (Å²) in [6.45, 7) is 4.50. The van der Waals surface area contributed by atoms with E-state index in [1.807, 2.05) is 6.20 Å². The second-order valence-corrected chi connectivity index (χ2v) is 8.57. The summed E-state index contributed by atoms with van der Waals surface area (Å²) in [5.41, 5.74) is 12.9. The number of hydrogen-bond acceptors (Lipinski definition) is 3. The van der Waals surface area contributed by atoms with E-state index >= 15 is 0 Å². The fraction of sp³-hybridized carbons (Fsp3) is 0.481. The van der Waals surface area contributed by atoms with E-state index in [-0.39, 0.29) is 6.17 Å². The lowest BCUT2D eigenvalue weighted by Crippen LogP contribution is -2.21. The molecule has 4 heteroatoms. The van der Waals surface area contributed by atoms with E-state index in [9.17, 15) is 0 Å². The van der Waals surface area contributed by atoms with Crippen molar-refractivity contribution in [2.24, 2.45) is 5.73 Å². The van der Waals surface area contributed by atoms with Crippen LogP contribution < -0.4 is 5.73 Å². The van der Waals surface area contributed by atoms with Crippen LogP contribution in [0.15, 0.2) is 54.9 Å². The highest BCUT2D eigenvalue weighted by molar-refractivity contribution is 5.69. The lowest BCUT2D eigenvalue weighted by molar-refractivity contribution is 0.523. The molecule has 1 aromatic heterocycles. The van der Waals surface area contributed by atoms with Crippen molar-refractivity contribution in [2.75, 3.05) is 0 Å². The van der Waals surface area contributed by atoms with Crippen molar-refractivity contribution in [1.82, 2.24) is 15.0 Å². The lowest BCUT2D eigenvalue weighted by atomic mass is 9.93. The first-order valence-corrected chi connectivity index (χ1v) is 12.1. The second kappa shape index (κ2) is 12.4. The molecule has 0 fully saturated rings. The van der Waals surface area contributed by atoms with Crippen molar-refractivity contribution in [3.05, 3.63) is 71.5 Å². The Labute approximate surface area is 187 Å². The van der Waals surface area contributed by atoms with Gasteiger partial charge in [-0.1, -0.05) is 100 Å². The van der Waals surface area contributed by atoms with Gasteiger partial charge in [0.25, 0.3) is 0 Å². The normalized spacial score (nSPS) is 12.2. The molecule has 2 N–H and O–H groups in total. The van der Waals surface area contributed by atoms with E-state index in [0.29, 0.717) is 0 Å². The van der Waals surface area contributed by atoms with E-state index in [4.69, 9.17) is 5.73 Å². The lowest BCUT2D eigenvalue weighted by Gasteiger charge is -2.18. The monoisotopic (exact) mass is 418 g/mol. The summed E-state index contributed by atoms with van der Waals surface area (Å²) in [4.78, 5) is 0. The number of aryl methyl sites for hydroxylation is 2. The first kappa shape index (κ1) is 23.2. The quantitative estimate of drug-likeness (QED) is 0.314. The Morgan fingerprint density at radius 1 is 0.806 bits per heavy atom. The van der Waals surface area contributed by atoms with Gasteiger partial charge in [0.2, 0.25) is 0 Å². The minimum atomic E-state index is -0.347. The first-order valence-electron chi connectivity index (χ1n) is 12.1. The van der Waals surface area contributed by atoms with Crippen LogP contribution in [0.4, 0.5) is 0 Å². The number of benzene rings is 2. The summed E-state index contributed by atoms with van der Waals surface area (Å²) < 4.78 is 1.72. The third-order valence-electron chi connectivity index (χ3n) is 6.07. The maximum absolute atomic E-state index is 6.57. The van der Waals surface area contributed by atoms with Gasteiger partial charge in [-0.3, -0.25) is 0 Å². The molecule has 0 aliphatic heterocycles. The van der Waals surface area contributed by atoms with Crippen molar-refractivity contribution in [1.29, 1.82) is 0 Å². The smallest absolute Gasteiger partial charge is 0.127 e. The van der Waals surface area contributed by atoms with Gasteiger partial charge in [0, 0.05) is 6.20 Å². The van der Waals surface area contributed by atoms with E-state index in [1.165, 1.54) is 73.6 Å². The highest BCUT2D eigenvalue weighted by Gasteiger charge is 2.15. The molecule has 2 aromatic carbocycles. The number of hydrogen-bond donors (Lipinski definition) is 1. The zero-order valence-corrected chi connectivity index (χ0v) is 19.3. The van der Waals surface area contributed by atoms with Crippen molar-refractivity contribution in [2.45, 2.75) is 84.2 Å². The Morgan fingerprint density at radius 2 is 1.48 bits per heavy atom. The molecule has 1 unspecified atom stereocenters. The van der Waals surface area contributed by atoms with Gasteiger partial charge in [0.1, 0.15) is 6.17 Å². The molecule has 0 amide bonds. The molecule has 166 valence electrons. The largest absolute Gasteiger partial charge is 0.306 e. The topological polar surface area (TPSA) is 56.7 Å². The third-order valence-corrected chi connectivity index (χ3v) is 6.07. The summed E-state index contributed by atoms with van der Waals surface area (Å²) in [5.74, 6) is 0. The summed E-state index contributed by atoms with van der Waals surface area (Å²) in [6, 6.07) is 15.8. The Bertz CT molecular complexity index is 884. The molecule has 1 atom stereocenters. The standard InChI is InChI=1S/C27H38N4/c1-3-5-7-8-9-10-12-23-15-18-25(27(28)31-20-19-29-30-31)26(21-23)24-16-13-22(14-17-24)11-6-4-2/h13-21,27H,3-12,28H2,1-2H3. The predicted molar refractivity (Wildman–Crippen MR) is 130 cm³/mol. The number of aromatic nitrogens is 3. The van der Waals surface area contributed by atoms with Crippen molar-refractivity contribution >= 4 is 0 Å². The Hall–Kier alpha value is -2.46. The summed E-state index contributed by atoms with van der Waals surface area (Å²) in [7, 11) is 0. The van der Waals surface area contributed by atoms with Crippen LogP contribution in [-0.4, -0.2) is 15.0 Å². The number of nitrogens with zero attached hydrogens (tertiary/aromatic N) is 3. The van der Waals surface area contributed by atoms with Gasteiger partial charge in [0.05, 0.1) is 6.20 Å². The maximum atomic E-state index is 6.57. The molecular weight excluding hydrogens is 380 g/mol. The van der Waals surface area contributed by atoms with Crippen LogP contribution in [0.2, 0.25) is 0 Å². The first-order chi connectivity index (χ1) is 15.2. The van der Waals surface area contributed by atoms with Crippen LogP contribution in [0.1, 0.15) is 88.1 Å². The number of nitrogens with two attached hydrogens (primary N) is 1. The van der Waals surface area contributed by atoms with E-state index < -0.39 is 0 Å². The van der Waals surface area contributed by atoms with Gasteiger partial charge >= 0.3 is 0 Å². The fourth-order valence-electron chi connectivity index (χ4n) is 4.12. The summed E-state index contributed by atoms with van der Waals surface area (Å²) in [6.07, 6.45) is 15.8. The Balaban J connectivity index is 1.80. The van der Waals surface area contributed by atoms with Crippen molar-refractivity contribution in [3.8, 4) is 11.1 Å². The molecule has 0 aliphatic rings. The third kappa shape index (κ3) is 6.76. The average Bonchev–Trinajstić information content (AvgIpc) is 3.35. The molecule has 31 heavy (non-hydrogen) atoms. The average molecular weight is 419 g/mol. The minimum Gasteiger partial charge on any atom is -0.306 e. The Kier molecular flexibility index (Phi) is 9.29. The SMILES string of the molecule is CCCCCCCCc1ccc(C(N)n2ccnn2)c(-c2ccc(CCCC)cc2)c1. The highest BCUT2D eigenvalue weighted by atomic mass is 15.4. The molecule has 4 nitrogen and oxygen atoms in total. The van der Waals surface area contributed by atoms with Crippen LogP contribution in [0.3, 0.4) is 0 Å². The summed E-state index contributed by atoms with van der Waals surface area (Å²) in [5, 5.41) is 8.06. The predicted octanol–water partition coefficient (Wildman–Crippen LogP) is 6.70. The van der Waals surface area contributed by atoms with Crippen LogP contribution in [-0.2, 0) is 12.8 Å². The second-order valence-electron chi connectivity index (χ2n) is 8.57. The molecule has 0 radical (unpaired) electrons. The van der Waals surface area contributed by atoms with Gasteiger partial charge in [-0.2, -0.15) is 0 Å². The molecule has 3 aromatic rings. The zero-order chi connectivity index (χ0) is 21.9. The van der Waals surface area contributed by atoms with Gasteiger partial charge < -0.3 is 5.73 Å². The molecule has 0 spiro atoms. The maximum Gasteiger partial charge on any atom is 0.127 e. The molecule has 0 bridgehead atoms. The number of rotatable bonds is 13. The van der Waals surface area contributed by atoms with E-state index in [0.717, 1.165) is 18.4 Å². The molecule has 0 aliphatic carbocycles. The molecule has 0 saturated heterocycles. The highest BCUT2D eigenvalue weighted by Crippen LogP contribution is 2.30. The van der Waals surface area contributed by atoms with Crippen LogP contribution in [0.25, 0.3) is 11.1 Å². The van der Waals surface area contributed by atoms with E-state index in [2.05, 4.69) is 66.6 Å². The number of unbranched alkanes of at least 4 members (excludes halogenated alkanes) is 6. The van der Waals surface area contributed by atoms with E-state index in [1.54, 1.807) is 10.9 Å². The van der Waals surface area contributed by atoms with Gasteiger partial charge in [-0.25, -0.2) is 4.68 Å². The van der Waals surface area contributed by atoms with Gasteiger partial charge in [-0.15, -0.1) is 5.10 Å². The summed E-state index contributed by atoms with van der Waals surface area (Å²) >= 11 is 0. The Morgan fingerprint density at radius 3 is 2.19 bits per heavy atom. The molecule has 0 saturated carbocycles. The van der Waals surface area contributed by atoms with Gasteiger partial charge in [-0.05, 0) is 53.5 Å². The van der Waals surface area contributed by atoms with Gasteiger partial charge in [0.15, 0.2) is 0 Å². The van der Waals surface area contributed by atoms with Crippen molar-refractivity contribution < 1.29 is 0 Å². The fourth-order valence-corrected chi connectivity index (χ4v) is 4.12. The molecule has 3 rings (SSSR count). The van der Waals surface area contributed by atoms with Crippen LogP contribution in [0, 0.1) is 0 Å². The van der Waals surface area contributed by atoms with Crippen LogP contribution >= 0.6 is 0 Å². The minimum absolute atomic E-state index is 0.347.